The van der Waals surface area contributed by atoms with Gasteiger partial charge in [-0.3, -0.25) is 0 Å². The lowest BCUT2D eigenvalue weighted by molar-refractivity contribution is 0.0653. The maximum absolute atomic E-state index is 11.2. The van der Waals surface area contributed by atoms with Crippen LogP contribution in [-0.2, 0) is 0 Å². The number of carbonyl (C=O) groups is 2. The molecular weight excluding hydrogens is 279 g/mol. The third kappa shape index (κ3) is 2.00. The van der Waals surface area contributed by atoms with Crippen LogP contribution >= 0.6 is 23.2 Å². The molecule has 0 heterocycles. The van der Waals surface area contributed by atoms with Crippen molar-refractivity contribution in [3.8, 4) is 0 Å². The maximum atomic E-state index is 11.2. The highest BCUT2D eigenvalue weighted by atomic mass is 35.5. The van der Waals surface area contributed by atoms with Gasteiger partial charge < -0.3 is 10.2 Å². The van der Waals surface area contributed by atoms with E-state index in [9.17, 15) is 9.59 Å². The van der Waals surface area contributed by atoms with E-state index in [1.807, 2.05) is 0 Å². The Labute approximate surface area is 111 Å². The molecule has 0 unspecified atom stereocenters. The highest BCUT2D eigenvalue weighted by Crippen LogP contribution is 2.31. The first-order valence-corrected chi connectivity index (χ1v) is 5.55. The Balaban J connectivity index is 2.98. The van der Waals surface area contributed by atoms with Crippen molar-refractivity contribution in [1.29, 1.82) is 0 Å². The first kappa shape index (κ1) is 12.7. The minimum Gasteiger partial charge on any atom is -0.478 e. The van der Waals surface area contributed by atoms with Crippen LogP contribution in [0.2, 0.25) is 10.0 Å². The van der Waals surface area contributed by atoms with Gasteiger partial charge in [-0.15, -0.1) is 0 Å². The molecule has 0 aliphatic rings. The molecule has 92 valence electrons. The molecule has 0 radical (unpaired) electrons. The molecule has 2 aromatic carbocycles. The van der Waals surface area contributed by atoms with Crippen molar-refractivity contribution in [3.63, 3.8) is 0 Å². The summed E-state index contributed by atoms with van der Waals surface area (Å²) in [5.41, 5.74) is -0.749. The third-order valence-electron chi connectivity index (χ3n) is 2.48. The average Bonchev–Trinajstić information content (AvgIpc) is 2.25. The van der Waals surface area contributed by atoms with Gasteiger partial charge in [0, 0.05) is 5.02 Å². The number of carboxylic acids is 2. The molecule has 2 N–H and O–H groups in total. The number of aromatic carboxylic acids is 2. The first-order chi connectivity index (χ1) is 8.41. The smallest absolute Gasteiger partial charge is 0.338 e. The largest absolute Gasteiger partial charge is 0.478 e. The molecular formula is C12H6Cl2O4. The zero-order valence-corrected chi connectivity index (χ0v) is 10.3. The molecule has 2 aromatic rings. The molecule has 0 atom stereocenters. The second-order valence-electron chi connectivity index (χ2n) is 3.58. The van der Waals surface area contributed by atoms with Crippen LogP contribution in [-0.4, -0.2) is 22.2 Å². The number of hydrogen-bond donors (Lipinski definition) is 2. The van der Waals surface area contributed by atoms with E-state index in [1.54, 1.807) is 0 Å². The van der Waals surface area contributed by atoms with Crippen LogP contribution in [0, 0.1) is 0 Å². The van der Waals surface area contributed by atoms with E-state index in [-0.39, 0.29) is 16.0 Å². The van der Waals surface area contributed by atoms with Crippen LogP contribution in [0.15, 0.2) is 24.3 Å². The Bertz CT molecular complexity index is 679. The van der Waals surface area contributed by atoms with E-state index in [1.165, 1.54) is 24.3 Å². The van der Waals surface area contributed by atoms with Crippen molar-refractivity contribution < 1.29 is 19.8 Å². The van der Waals surface area contributed by atoms with Gasteiger partial charge in [0.1, 0.15) is 0 Å². The molecule has 0 amide bonds. The Hall–Kier alpha value is -1.78. The highest BCUT2D eigenvalue weighted by Gasteiger charge is 2.23. The van der Waals surface area contributed by atoms with Crippen LogP contribution in [0.25, 0.3) is 10.8 Å². The molecule has 0 saturated carbocycles. The fraction of sp³-hybridized carbons (Fsp3) is 0. The van der Waals surface area contributed by atoms with Crippen molar-refractivity contribution in [2.45, 2.75) is 0 Å². The van der Waals surface area contributed by atoms with Gasteiger partial charge in [0.05, 0.1) is 16.1 Å². The van der Waals surface area contributed by atoms with Gasteiger partial charge in [-0.1, -0.05) is 29.3 Å². The molecule has 4 nitrogen and oxygen atoms in total. The predicted molar refractivity (Wildman–Crippen MR) is 67.9 cm³/mol. The summed E-state index contributed by atoms with van der Waals surface area (Å²) in [5, 5.41) is 19.2. The van der Waals surface area contributed by atoms with Gasteiger partial charge in [-0.2, -0.15) is 0 Å². The lowest BCUT2D eigenvalue weighted by Crippen LogP contribution is -2.09. The zero-order valence-electron chi connectivity index (χ0n) is 8.78. The fourth-order valence-corrected chi connectivity index (χ4v) is 2.25. The molecule has 0 aliphatic carbocycles. The zero-order chi connectivity index (χ0) is 13.4. The number of carboxylic acid groups (broad SMARTS) is 2. The summed E-state index contributed by atoms with van der Waals surface area (Å²) >= 11 is 11.6. The lowest BCUT2D eigenvalue weighted by Gasteiger charge is -2.09. The van der Waals surface area contributed by atoms with Crippen molar-refractivity contribution in [1.82, 2.24) is 0 Å². The summed E-state index contributed by atoms with van der Waals surface area (Å²) in [6, 6.07) is 5.87. The molecule has 6 heteroatoms. The van der Waals surface area contributed by atoms with E-state index < -0.39 is 17.5 Å². The molecule has 0 aliphatic heterocycles. The molecule has 0 aromatic heterocycles. The molecule has 0 saturated heterocycles. The SMILES string of the molecule is O=C(O)c1c(Cl)cc2cc(Cl)ccc2c1C(=O)O. The number of benzene rings is 2. The average molecular weight is 285 g/mol. The molecule has 18 heavy (non-hydrogen) atoms. The summed E-state index contributed by atoms with van der Waals surface area (Å²) < 4.78 is 0. The van der Waals surface area contributed by atoms with Crippen LogP contribution < -0.4 is 0 Å². The first-order valence-electron chi connectivity index (χ1n) is 4.80. The summed E-state index contributed by atoms with van der Waals surface area (Å²) in [6.45, 7) is 0. The van der Waals surface area contributed by atoms with Crippen molar-refractivity contribution in [2.24, 2.45) is 0 Å². The summed E-state index contributed by atoms with van der Waals surface area (Å²) in [4.78, 5) is 22.3. The number of halogens is 2. The van der Waals surface area contributed by atoms with E-state index >= 15 is 0 Å². The van der Waals surface area contributed by atoms with Crippen molar-refractivity contribution in [2.75, 3.05) is 0 Å². The van der Waals surface area contributed by atoms with Crippen LogP contribution in [0.1, 0.15) is 20.7 Å². The van der Waals surface area contributed by atoms with E-state index in [4.69, 9.17) is 33.4 Å². The maximum Gasteiger partial charge on any atom is 0.338 e. The van der Waals surface area contributed by atoms with E-state index in [0.29, 0.717) is 10.4 Å². The summed E-state index contributed by atoms with van der Waals surface area (Å²) in [7, 11) is 0. The standard InChI is InChI=1S/C12H6Cl2O4/c13-6-1-2-7-5(3-6)4-8(14)10(12(17)18)9(7)11(15)16/h1-4H,(H,15,16)(H,17,18). The molecule has 2 rings (SSSR count). The van der Waals surface area contributed by atoms with Crippen LogP contribution in [0.4, 0.5) is 0 Å². The third-order valence-corrected chi connectivity index (χ3v) is 3.01. The van der Waals surface area contributed by atoms with Gasteiger partial charge in [0.15, 0.2) is 0 Å². The minimum absolute atomic E-state index is 0.130. The highest BCUT2D eigenvalue weighted by molar-refractivity contribution is 6.36. The van der Waals surface area contributed by atoms with Crippen molar-refractivity contribution in [3.05, 3.63) is 45.4 Å². The Kier molecular flexibility index (Phi) is 3.15. The lowest BCUT2D eigenvalue weighted by atomic mass is 9.99. The normalized spacial score (nSPS) is 10.6. The summed E-state index contributed by atoms with van der Waals surface area (Å²) in [5.74, 6) is -2.73. The van der Waals surface area contributed by atoms with Gasteiger partial charge in [-0.05, 0) is 29.0 Å². The Morgan fingerprint density at radius 3 is 2.11 bits per heavy atom. The summed E-state index contributed by atoms with van der Waals surface area (Å²) in [6.07, 6.45) is 0. The Morgan fingerprint density at radius 2 is 1.56 bits per heavy atom. The van der Waals surface area contributed by atoms with Crippen LogP contribution in [0.5, 0.6) is 0 Å². The van der Waals surface area contributed by atoms with Crippen molar-refractivity contribution >= 4 is 45.9 Å². The van der Waals surface area contributed by atoms with Crippen LogP contribution in [0.3, 0.4) is 0 Å². The van der Waals surface area contributed by atoms with E-state index in [2.05, 4.69) is 0 Å². The Morgan fingerprint density at radius 1 is 0.944 bits per heavy atom. The second kappa shape index (κ2) is 4.48. The van der Waals surface area contributed by atoms with Gasteiger partial charge in [0.25, 0.3) is 0 Å². The molecule has 0 spiro atoms. The molecule has 0 bridgehead atoms. The van der Waals surface area contributed by atoms with Gasteiger partial charge in [-0.25, -0.2) is 9.59 Å². The van der Waals surface area contributed by atoms with Gasteiger partial charge in [0.2, 0.25) is 0 Å². The van der Waals surface area contributed by atoms with Gasteiger partial charge >= 0.3 is 11.9 Å². The monoisotopic (exact) mass is 284 g/mol. The number of fused-ring (bicyclic) bond motifs is 1. The minimum atomic E-state index is -1.38. The number of rotatable bonds is 2. The van der Waals surface area contributed by atoms with E-state index in [0.717, 1.165) is 0 Å². The quantitative estimate of drug-likeness (QED) is 0.884. The topological polar surface area (TPSA) is 74.6 Å². The predicted octanol–water partition coefficient (Wildman–Crippen LogP) is 3.54. The molecule has 0 fully saturated rings. The second-order valence-corrected chi connectivity index (χ2v) is 4.43. The fourth-order valence-electron chi connectivity index (χ4n) is 1.77. The number of hydrogen-bond acceptors (Lipinski definition) is 2.